The summed E-state index contributed by atoms with van der Waals surface area (Å²) in [6.45, 7) is 0. The van der Waals surface area contributed by atoms with Crippen molar-refractivity contribution in [2.75, 3.05) is 7.11 Å². The van der Waals surface area contributed by atoms with Gasteiger partial charge in [-0.2, -0.15) is 0 Å². The fourth-order valence-electron chi connectivity index (χ4n) is 2.78. The Morgan fingerprint density at radius 1 is 1.00 bits per heavy atom. The maximum absolute atomic E-state index is 12.9. The lowest BCUT2D eigenvalue weighted by Gasteiger charge is -2.09. The summed E-state index contributed by atoms with van der Waals surface area (Å²) in [4.78, 5) is 8.26. The molecule has 0 atom stereocenters. The predicted octanol–water partition coefficient (Wildman–Crippen LogP) is 3.34. The molecule has 0 N–H and O–H groups in total. The summed E-state index contributed by atoms with van der Waals surface area (Å²) >= 11 is 0. The van der Waals surface area contributed by atoms with Crippen LogP contribution in [0.15, 0.2) is 78.2 Å². The molecule has 0 bridgehead atoms. The molecule has 4 aromatic rings. The zero-order valence-electron chi connectivity index (χ0n) is 13.9. The van der Waals surface area contributed by atoms with E-state index < -0.39 is 10.0 Å². The van der Waals surface area contributed by atoms with Crippen LogP contribution in [0.25, 0.3) is 22.0 Å². The van der Waals surface area contributed by atoms with Gasteiger partial charge in [0, 0.05) is 41.8 Å². The molecule has 130 valence electrons. The second-order valence-corrected chi connectivity index (χ2v) is 7.48. The van der Waals surface area contributed by atoms with Crippen molar-refractivity contribution in [3.63, 3.8) is 0 Å². The number of pyridine rings is 2. The van der Waals surface area contributed by atoms with Crippen LogP contribution < -0.4 is 4.74 Å². The van der Waals surface area contributed by atoms with Crippen molar-refractivity contribution < 1.29 is 13.2 Å². The number of methoxy groups -OCH3 is 1. The van der Waals surface area contributed by atoms with Gasteiger partial charge in [-0.05, 0) is 35.9 Å². The number of hydrogen-bond acceptors (Lipinski definition) is 5. The molecule has 0 saturated carbocycles. The first-order valence-electron chi connectivity index (χ1n) is 7.87. The van der Waals surface area contributed by atoms with Crippen molar-refractivity contribution in [1.82, 2.24) is 13.9 Å². The van der Waals surface area contributed by atoms with Gasteiger partial charge in [0.25, 0.3) is 10.0 Å². The number of ether oxygens (including phenoxy) is 1. The highest BCUT2D eigenvalue weighted by molar-refractivity contribution is 7.90. The lowest BCUT2D eigenvalue weighted by atomic mass is 10.1. The summed E-state index contributed by atoms with van der Waals surface area (Å²) in [5.74, 6) is 0.525. The Bertz CT molecular complexity index is 1170. The lowest BCUT2D eigenvalue weighted by molar-refractivity contribution is 0.398. The molecular formula is C19H15N3O3S. The summed E-state index contributed by atoms with van der Waals surface area (Å²) in [6, 6.07) is 14.2. The van der Waals surface area contributed by atoms with E-state index in [1.165, 1.54) is 16.2 Å². The molecule has 6 nitrogen and oxygen atoms in total. The minimum absolute atomic E-state index is 0.147. The van der Waals surface area contributed by atoms with Gasteiger partial charge in [-0.15, -0.1) is 0 Å². The van der Waals surface area contributed by atoms with Gasteiger partial charge in [-0.3, -0.25) is 4.98 Å². The van der Waals surface area contributed by atoms with Crippen molar-refractivity contribution in [2.24, 2.45) is 0 Å². The number of aromatic nitrogens is 3. The van der Waals surface area contributed by atoms with Crippen LogP contribution in [-0.4, -0.2) is 29.5 Å². The molecule has 0 radical (unpaired) electrons. The van der Waals surface area contributed by atoms with E-state index >= 15 is 0 Å². The van der Waals surface area contributed by atoms with E-state index in [4.69, 9.17) is 4.74 Å². The van der Waals surface area contributed by atoms with E-state index in [9.17, 15) is 8.42 Å². The molecule has 0 aliphatic heterocycles. The fraction of sp³-hybridized carbons (Fsp3) is 0.0526. The molecule has 3 aromatic heterocycles. The minimum atomic E-state index is -3.71. The van der Waals surface area contributed by atoms with Crippen LogP contribution in [0.3, 0.4) is 0 Å². The predicted molar refractivity (Wildman–Crippen MR) is 98.5 cm³/mol. The molecule has 3 heterocycles. The van der Waals surface area contributed by atoms with Crippen LogP contribution in [0, 0.1) is 0 Å². The van der Waals surface area contributed by atoms with E-state index in [2.05, 4.69) is 9.97 Å². The molecular weight excluding hydrogens is 350 g/mol. The highest BCUT2D eigenvalue weighted by Gasteiger charge is 2.19. The van der Waals surface area contributed by atoms with Crippen LogP contribution in [0.1, 0.15) is 0 Å². The van der Waals surface area contributed by atoms with E-state index in [0.29, 0.717) is 11.4 Å². The first-order chi connectivity index (χ1) is 12.6. The minimum Gasteiger partial charge on any atom is -0.481 e. The molecule has 0 unspecified atom stereocenters. The Labute approximate surface area is 150 Å². The number of nitrogens with zero attached hydrogens (tertiary/aromatic N) is 3. The molecule has 4 rings (SSSR count). The average Bonchev–Trinajstić information content (AvgIpc) is 3.13. The third-order valence-corrected chi connectivity index (χ3v) is 5.80. The normalized spacial score (nSPS) is 11.6. The SMILES string of the molecule is COc1ccc(-c2ccc3ccn(S(=O)(=O)c4cccnc4)c3c2)cn1. The Hall–Kier alpha value is -3.19. The molecule has 26 heavy (non-hydrogen) atoms. The highest BCUT2D eigenvalue weighted by atomic mass is 32.2. The zero-order valence-corrected chi connectivity index (χ0v) is 14.7. The second-order valence-electron chi connectivity index (χ2n) is 5.67. The Kier molecular flexibility index (Phi) is 3.93. The van der Waals surface area contributed by atoms with Gasteiger partial charge in [0.05, 0.1) is 12.6 Å². The van der Waals surface area contributed by atoms with E-state index in [1.807, 2.05) is 24.3 Å². The number of hydrogen-bond donors (Lipinski definition) is 0. The monoisotopic (exact) mass is 365 g/mol. The van der Waals surface area contributed by atoms with Crippen LogP contribution in [0.5, 0.6) is 5.88 Å². The quantitative estimate of drug-likeness (QED) is 0.554. The highest BCUT2D eigenvalue weighted by Crippen LogP contribution is 2.28. The van der Waals surface area contributed by atoms with Crippen molar-refractivity contribution in [3.8, 4) is 17.0 Å². The summed E-state index contributed by atoms with van der Waals surface area (Å²) in [7, 11) is -2.15. The average molecular weight is 365 g/mol. The standard InChI is InChI=1S/C19H15N3O3S/c1-25-19-7-6-16(12-21-19)15-5-4-14-8-10-22(18(14)11-15)26(23,24)17-3-2-9-20-13-17/h2-13H,1H3. The van der Waals surface area contributed by atoms with Crippen LogP contribution in [-0.2, 0) is 10.0 Å². The summed E-state index contributed by atoms with van der Waals surface area (Å²) < 4.78 is 32.2. The Balaban J connectivity index is 1.85. The lowest BCUT2D eigenvalue weighted by Crippen LogP contribution is -2.11. The Morgan fingerprint density at radius 2 is 1.85 bits per heavy atom. The van der Waals surface area contributed by atoms with Gasteiger partial charge in [0.2, 0.25) is 5.88 Å². The summed E-state index contributed by atoms with van der Waals surface area (Å²) in [5.41, 5.74) is 2.34. The molecule has 0 spiro atoms. The third-order valence-electron chi connectivity index (χ3n) is 4.13. The first kappa shape index (κ1) is 16.3. The van der Waals surface area contributed by atoms with Crippen molar-refractivity contribution >= 4 is 20.9 Å². The molecule has 0 amide bonds. The van der Waals surface area contributed by atoms with Gasteiger partial charge in [0.15, 0.2) is 0 Å². The summed E-state index contributed by atoms with van der Waals surface area (Å²) in [6.07, 6.45) is 6.14. The topological polar surface area (TPSA) is 74.1 Å². The summed E-state index contributed by atoms with van der Waals surface area (Å²) in [5, 5.41) is 0.836. The van der Waals surface area contributed by atoms with Gasteiger partial charge in [0.1, 0.15) is 4.90 Å². The maximum Gasteiger partial charge on any atom is 0.269 e. The molecule has 1 aromatic carbocycles. The number of benzene rings is 1. The smallest absolute Gasteiger partial charge is 0.269 e. The van der Waals surface area contributed by atoms with E-state index in [0.717, 1.165) is 16.5 Å². The van der Waals surface area contributed by atoms with Crippen molar-refractivity contribution in [3.05, 3.63) is 73.3 Å². The number of fused-ring (bicyclic) bond motifs is 1. The van der Waals surface area contributed by atoms with Gasteiger partial charge in [-0.25, -0.2) is 17.4 Å². The largest absolute Gasteiger partial charge is 0.481 e. The van der Waals surface area contributed by atoms with Crippen molar-refractivity contribution in [1.29, 1.82) is 0 Å². The molecule has 0 aliphatic carbocycles. The van der Waals surface area contributed by atoms with Crippen LogP contribution in [0.4, 0.5) is 0 Å². The molecule has 7 heteroatoms. The number of rotatable bonds is 4. The fourth-order valence-corrected chi connectivity index (χ4v) is 4.09. The van der Waals surface area contributed by atoms with Gasteiger partial charge < -0.3 is 4.74 Å². The van der Waals surface area contributed by atoms with E-state index in [1.54, 1.807) is 43.9 Å². The second kappa shape index (κ2) is 6.27. The van der Waals surface area contributed by atoms with Crippen LogP contribution in [0.2, 0.25) is 0 Å². The van der Waals surface area contributed by atoms with Crippen molar-refractivity contribution in [2.45, 2.75) is 4.90 Å². The first-order valence-corrected chi connectivity index (χ1v) is 9.31. The zero-order chi connectivity index (χ0) is 18.1. The Morgan fingerprint density at radius 3 is 2.54 bits per heavy atom. The van der Waals surface area contributed by atoms with E-state index in [-0.39, 0.29) is 4.90 Å². The molecule has 0 fully saturated rings. The maximum atomic E-state index is 12.9. The van der Waals surface area contributed by atoms with Gasteiger partial charge >= 0.3 is 0 Å². The molecule has 0 aliphatic rings. The third kappa shape index (κ3) is 2.72. The van der Waals surface area contributed by atoms with Gasteiger partial charge in [-0.1, -0.05) is 12.1 Å². The molecule has 0 saturated heterocycles. The van der Waals surface area contributed by atoms with Crippen LogP contribution >= 0.6 is 0 Å².